The second-order valence-electron chi connectivity index (χ2n) is 6.40. The third-order valence-corrected chi connectivity index (χ3v) is 4.27. The molecule has 0 aliphatic carbocycles. The average Bonchev–Trinajstić information content (AvgIpc) is 2.74. The maximum atomic E-state index is 13.9. The zero-order valence-corrected chi connectivity index (χ0v) is 16.0. The number of hydrogen-bond donors (Lipinski definition) is 1. The normalized spacial score (nSPS) is 11.4. The number of anilines is 1. The molecule has 3 rings (SSSR count). The van der Waals surface area contributed by atoms with Gasteiger partial charge >= 0.3 is 5.97 Å². The van der Waals surface area contributed by atoms with Crippen LogP contribution in [0.1, 0.15) is 27.6 Å². The van der Waals surface area contributed by atoms with E-state index in [1.807, 2.05) is 19.1 Å². The van der Waals surface area contributed by atoms with E-state index in [4.69, 9.17) is 9.47 Å². The van der Waals surface area contributed by atoms with Gasteiger partial charge < -0.3 is 14.8 Å². The van der Waals surface area contributed by atoms with Crippen LogP contribution in [0.3, 0.4) is 0 Å². The van der Waals surface area contributed by atoms with E-state index in [2.05, 4.69) is 5.32 Å². The lowest BCUT2D eigenvalue weighted by molar-refractivity contribution is -0.125. The highest BCUT2D eigenvalue weighted by Crippen LogP contribution is 2.24. The molecule has 0 heterocycles. The van der Waals surface area contributed by atoms with Gasteiger partial charge in [0.05, 0.1) is 12.7 Å². The summed E-state index contributed by atoms with van der Waals surface area (Å²) in [4.78, 5) is 25.4. The molecule has 0 bridgehead atoms. The summed E-state index contributed by atoms with van der Waals surface area (Å²) in [5, 5.41) is 2.74. The van der Waals surface area contributed by atoms with Gasteiger partial charge in [-0.15, -0.1) is 0 Å². The fourth-order valence-corrected chi connectivity index (χ4v) is 2.71. The molecule has 3 aromatic carbocycles. The van der Waals surface area contributed by atoms with E-state index >= 15 is 0 Å². The molecule has 6 heteroatoms. The highest BCUT2D eigenvalue weighted by Gasteiger charge is 2.26. The van der Waals surface area contributed by atoms with Gasteiger partial charge in [0, 0.05) is 11.3 Å². The van der Waals surface area contributed by atoms with Crippen molar-refractivity contribution in [3.63, 3.8) is 0 Å². The number of rotatable bonds is 6. The van der Waals surface area contributed by atoms with E-state index in [-0.39, 0.29) is 11.3 Å². The monoisotopic (exact) mass is 393 g/mol. The van der Waals surface area contributed by atoms with Crippen LogP contribution in [0.4, 0.5) is 10.1 Å². The Labute approximate surface area is 168 Å². The number of amides is 1. The fourth-order valence-electron chi connectivity index (χ4n) is 2.71. The first-order valence-corrected chi connectivity index (χ1v) is 8.95. The van der Waals surface area contributed by atoms with Gasteiger partial charge in [0.2, 0.25) is 6.10 Å². The Morgan fingerprint density at radius 2 is 1.66 bits per heavy atom. The lowest BCUT2D eigenvalue weighted by Gasteiger charge is -2.18. The summed E-state index contributed by atoms with van der Waals surface area (Å²) < 4.78 is 24.2. The molecule has 0 radical (unpaired) electrons. The van der Waals surface area contributed by atoms with E-state index in [9.17, 15) is 14.0 Å². The minimum absolute atomic E-state index is 0.0123. The van der Waals surface area contributed by atoms with Crippen LogP contribution in [0.15, 0.2) is 72.8 Å². The van der Waals surface area contributed by atoms with Crippen molar-refractivity contribution in [3.8, 4) is 5.75 Å². The number of carbonyl (C=O) groups excluding carboxylic acids is 2. The van der Waals surface area contributed by atoms with Crippen LogP contribution in [-0.2, 0) is 9.53 Å². The molecular weight excluding hydrogens is 373 g/mol. The number of hydrogen-bond acceptors (Lipinski definition) is 4. The van der Waals surface area contributed by atoms with Crippen molar-refractivity contribution in [2.24, 2.45) is 0 Å². The van der Waals surface area contributed by atoms with Crippen LogP contribution in [0.5, 0.6) is 5.75 Å². The summed E-state index contributed by atoms with van der Waals surface area (Å²) >= 11 is 0. The van der Waals surface area contributed by atoms with Gasteiger partial charge in [0.15, 0.2) is 11.6 Å². The van der Waals surface area contributed by atoms with E-state index in [1.54, 1.807) is 42.5 Å². The van der Waals surface area contributed by atoms with E-state index in [1.165, 1.54) is 19.2 Å². The molecule has 0 spiro atoms. The summed E-state index contributed by atoms with van der Waals surface area (Å²) in [6.07, 6.45) is -1.20. The van der Waals surface area contributed by atoms with Gasteiger partial charge in [-0.25, -0.2) is 9.18 Å². The molecule has 148 valence electrons. The summed E-state index contributed by atoms with van der Waals surface area (Å²) in [6, 6.07) is 19.6. The minimum Gasteiger partial charge on any atom is -0.494 e. The molecule has 1 amide bonds. The quantitative estimate of drug-likeness (QED) is 0.618. The van der Waals surface area contributed by atoms with Crippen LogP contribution < -0.4 is 10.1 Å². The second-order valence-corrected chi connectivity index (χ2v) is 6.40. The number of ether oxygens (including phenoxy) is 2. The Kier molecular flexibility index (Phi) is 6.24. The maximum absolute atomic E-state index is 13.9. The van der Waals surface area contributed by atoms with Crippen LogP contribution in [-0.4, -0.2) is 19.0 Å². The van der Waals surface area contributed by atoms with Crippen molar-refractivity contribution in [3.05, 3.63) is 95.3 Å². The van der Waals surface area contributed by atoms with Crippen LogP contribution in [0.25, 0.3) is 0 Å². The molecule has 1 N–H and O–H groups in total. The summed E-state index contributed by atoms with van der Waals surface area (Å²) in [5.74, 6) is -2.01. The van der Waals surface area contributed by atoms with Gasteiger partial charge in [-0.2, -0.15) is 0 Å². The molecule has 0 aliphatic rings. The number of methoxy groups -OCH3 is 1. The smallest absolute Gasteiger partial charge is 0.339 e. The Hall–Kier alpha value is -3.67. The van der Waals surface area contributed by atoms with Gasteiger partial charge in [-0.3, -0.25) is 4.79 Å². The zero-order valence-electron chi connectivity index (χ0n) is 16.0. The Balaban J connectivity index is 1.84. The molecular formula is C23H20FNO4. The molecule has 29 heavy (non-hydrogen) atoms. The molecule has 0 fully saturated rings. The molecule has 0 saturated carbocycles. The van der Waals surface area contributed by atoms with Gasteiger partial charge in [0.25, 0.3) is 5.91 Å². The molecule has 0 aromatic heterocycles. The number of carbonyl (C=O) groups is 2. The van der Waals surface area contributed by atoms with Gasteiger partial charge in [0.1, 0.15) is 0 Å². The van der Waals surface area contributed by atoms with Gasteiger partial charge in [-0.1, -0.05) is 48.0 Å². The first kappa shape index (κ1) is 20.1. The summed E-state index contributed by atoms with van der Waals surface area (Å²) in [6.45, 7) is 1.94. The number of aryl methyl sites for hydroxylation is 1. The van der Waals surface area contributed by atoms with Gasteiger partial charge in [-0.05, 0) is 37.3 Å². The average molecular weight is 393 g/mol. The summed E-state index contributed by atoms with van der Waals surface area (Å²) in [5.41, 5.74) is 2.11. The van der Waals surface area contributed by atoms with Crippen molar-refractivity contribution in [1.82, 2.24) is 0 Å². The Bertz CT molecular complexity index is 1000. The molecule has 0 unspecified atom stereocenters. The van der Waals surface area contributed by atoms with Crippen molar-refractivity contribution >= 4 is 17.6 Å². The zero-order chi connectivity index (χ0) is 20.8. The summed E-state index contributed by atoms with van der Waals surface area (Å²) in [7, 11) is 1.33. The topological polar surface area (TPSA) is 64.6 Å². The first-order valence-electron chi connectivity index (χ1n) is 8.95. The molecule has 3 aromatic rings. The van der Waals surface area contributed by atoms with Crippen molar-refractivity contribution in [1.29, 1.82) is 0 Å². The predicted octanol–water partition coefficient (Wildman–Crippen LogP) is 4.68. The fraction of sp³-hybridized carbons (Fsp3) is 0.130. The minimum atomic E-state index is -1.20. The van der Waals surface area contributed by atoms with E-state index in [0.29, 0.717) is 11.3 Å². The van der Waals surface area contributed by atoms with Crippen molar-refractivity contribution in [2.75, 3.05) is 12.4 Å². The Morgan fingerprint density at radius 3 is 2.28 bits per heavy atom. The van der Waals surface area contributed by atoms with Crippen molar-refractivity contribution in [2.45, 2.75) is 13.0 Å². The number of esters is 1. The van der Waals surface area contributed by atoms with Crippen LogP contribution in [0, 0.1) is 12.7 Å². The number of halogens is 1. The highest BCUT2D eigenvalue weighted by atomic mass is 19.1. The molecule has 5 nitrogen and oxygen atoms in total. The third kappa shape index (κ3) is 4.99. The van der Waals surface area contributed by atoms with Crippen LogP contribution >= 0.6 is 0 Å². The van der Waals surface area contributed by atoms with E-state index in [0.717, 1.165) is 11.6 Å². The molecule has 1 atom stereocenters. The third-order valence-electron chi connectivity index (χ3n) is 4.27. The highest BCUT2D eigenvalue weighted by molar-refractivity contribution is 5.98. The Morgan fingerprint density at radius 1 is 0.966 bits per heavy atom. The second kappa shape index (κ2) is 9.01. The maximum Gasteiger partial charge on any atom is 0.339 e. The largest absolute Gasteiger partial charge is 0.494 e. The standard InChI is InChI=1S/C23H20FNO4/c1-15-8-11-18(12-9-15)25-22(26)21(16-6-4-3-5-7-16)29-23(27)17-10-13-20(28-2)19(24)14-17/h3-14,21H,1-2H3,(H,25,26)/t21-/m0/s1. The lowest BCUT2D eigenvalue weighted by atomic mass is 10.1. The molecule has 0 aliphatic heterocycles. The molecule has 0 saturated heterocycles. The van der Waals surface area contributed by atoms with Crippen LogP contribution in [0.2, 0.25) is 0 Å². The predicted molar refractivity (Wildman–Crippen MR) is 107 cm³/mol. The lowest BCUT2D eigenvalue weighted by Crippen LogP contribution is -2.26. The first-order chi connectivity index (χ1) is 14.0. The number of nitrogens with one attached hydrogen (secondary N) is 1. The number of benzene rings is 3. The van der Waals surface area contributed by atoms with E-state index < -0.39 is 23.8 Å². The van der Waals surface area contributed by atoms with Crippen molar-refractivity contribution < 1.29 is 23.5 Å². The SMILES string of the molecule is COc1ccc(C(=O)O[C@H](C(=O)Nc2ccc(C)cc2)c2ccccc2)cc1F.